The summed E-state index contributed by atoms with van der Waals surface area (Å²) in [5, 5.41) is 10.6. The van der Waals surface area contributed by atoms with E-state index < -0.39 is 5.92 Å². The van der Waals surface area contributed by atoms with Crippen LogP contribution >= 0.6 is 0 Å². The van der Waals surface area contributed by atoms with Gasteiger partial charge >= 0.3 is 0 Å². The molecule has 1 N–H and O–H groups in total. The van der Waals surface area contributed by atoms with Crippen LogP contribution in [-0.2, 0) is 4.79 Å². The summed E-state index contributed by atoms with van der Waals surface area (Å²) in [6.45, 7) is 3.67. The van der Waals surface area contributed by atoms with E-state index >= 15 is 0 Å². The number of piperidine rings is 1. The van der Waals surface area contributed by atoms with Gasteiger partial charge in [-0.25, -0.2) is 5.01 Å². The maximum Gasteiger partial charge on any atom is 0.251 e. The highest BCUT2D eigenvalue weighted by Gasteiger charge is 2.19. The Hall–Kier alpha value is -1.08. The Labute approximate surface area is 84.9 Å². The van der Waals surface area contributed by atoms with E-state index in [1.165, 1.54) is 6.42 Å². The molecule has 1 atom stereocenters. The molecule has 1 heterocycles. The van der Waals surface area contributed by atoms with Crippen molar-refractivity contribution in [3.05, 3.63) is 0 Å². The van der Waals surface area contributed by atoms with Crippen molar-refractivity contribution >= 4 is 5.91 Å². The predicted octanol–water partition coefficient (Wildman–Crippen LogP) is 1.05. The second-order valence-corrected chi connectivity index (χ2v) is 3.61. The van der Waals surface area contributed by atoms with E-state index in [0.717, 1.165) is 25.9 Å². The minimum atomic E-state index is -0.503. The van der Waals surface area contributed by atoms with E-state index in [4.69, 9.17) is 5.26 Å². The lowest BCUT2D eigenvalue weighted by molar-refractivity contribution is -0.128. The van der Waals surface area contributed by atoms with Crippen LogP contribution in [0.4, 0.5) is 0 Å². The number of carbonyl (C=O) groups excluding carboxylic acids is 1. The lowest BCUT2D eigenvalue weighted by atomic mass is 10.1. The Morgan fingerprint density at radius 3 is 2.64 bits per heavy atom. The molecule has 0 aromatic rings. The van der Waals surface area contributed by atoms with Crippen LogP contribution in [0.15, 0.2) is 0 Å². The van der Waals surface area contributed by atoms with E-state index in [2.05, 4.69) is 5.43 Å². The Bertz CT molecular complexity index is 228. The molecule has 1 amide bonds. The Morgan fingerprint density at radius 2 is 2.14 bits per heavy atom. The van der Waals surface area contributed by atoms with E-state index in [-0.39, 0.29) is 5.91 Å². The summed E-state index contributed by atoms with van der Waals surface area (Å²) >= 11 is 0. The summed E-state index contributed by atoms with van der Waals surface area (Å²) in [7, 11) is 0. The summed E-state index contributed by atoms with van der Waals surface area (Å²) in [5.41, 5.74) is 2.79. The van der Waals surface area contributed by atoms with Gasteiger partial charge in [0, 0.05) is 13.1 Å². The van der Waals surface area contributed by atoms with E-state index in [9.17, 15) is 4.79 Å². The smallest absolute Gasteiger partial charge is 0.251 e. The molecule has 14 heavy (non-hydrogen) atoms. The van der Waals surface area contributed by atoms with Gasteiger partial charge in [0.15, 0.2) is 0 Å². The van der Waals surface area contributed by atoms with E-state index in [1.807, 2.05) is 18.0 Å². The molecule has 1 rings (SSSR count). The van der Waals surface area contributed by atoms with Gasteiger partial charge in [-0.3, -0.25) is 10.2 Å². The number of hydrazine groups is 1. The number of amides is 1. The van der Waals surface area contributed by atoms with Gasteiger partial charge < -0.3 is 0 Å². The second-order valence-electron chi connectivity index (χ2n) is 3.61. The number of nitrogens with one attached hydrogen (secondary N) is 1. The zero-order valence-electron chi connectivity index (χ0n) is 8.62. The zero-order chi connectivity index (χ0) is 10.4. The molecule has 4 nitrogen and oxygen atoms in total. The molecule has 1 unspecified atom stereocenters. The highest BCUT2D eigenvalue weighted by molar-refractivity contribution is 5.80. The maximum absolute atomic E-state index is 11.5. The van der Waals surface area contributed by atoms with Crippen molar-refractivity contribution in [1.82, 2.24) is 10.4 Å². The number of nitrogens with zero attached hydrogens (tertiary/aromatic N) is 2. The molecule has 0 saturated carbocycles. The molecule has 0 spiro atoms. The minimum absolute atomic E-state index is 0.156. The Morgan fingerprint density at radius 1 is 1.50 bits per heavy atom. The van der Waals surface area contributed by atoms with Crippen molar-refractivity contribution < 1.29 is 4.79 Å². The van der Waals surface area contributed by atoms with Crippen LogP contribution in [-0.4, -0.2) is 24.0 Å². The van der Waals surface area contributed by atoms with Crippen LogP contribution < -0.4 is 5.43 Å². The average molecular weight is 195 g/mol. The fraction of sp³-hybridized carbons (Fsp3) is 0.800. The molecule has 1 saturated heterocycles. The van der Waals surface area contributed by atoms with Crippen molar-refractivity contribution in [2.24, 2.45) is 5.92 Å². The fourth-order valence-electron chi connectivity index (χ4n) is 1.57. The molecule has 0 aromatic heterocycles. The quantitative estimate of drug-likeness (QED) is 0.732. The first-order chi connectivity index (χ1) is 6.77. The fourth-order valence-corrected chi connectivity index (χ4v) is 1.57. The first kappa shape index (κ1) is 11.0. The highest BCUT2D eigenvalue weighted by atomic mass is 16.2. The van der Waals surface area contributed by atoms with Crippen LogP contribution in [0.2, 0.25) is 0 Å². The lowest BCUT2D eigenvalue weighted by Crippen LogP contribution is -2.47. The van der Waals surface area contributed by atoms with Crippen LogP contribution in [0.1, 0.15) is 32.6 Å². The summed E-state index contributed by atoms with van der Waals surface area (Å²) < 4.78 is 0. The first-order valence-electron chi connectivity index (χ1n) is 5.23. The van der Waals surface area contributed by atoms with Gasteiger partial charge in [0.2, 0.25) is 0 Å². The summed E-state index contributed by atoms with van der Waals surface area (Å²) in [4.78, 5) is 11.5. The monoisotopic (exact) mass is 195 g/mol. The van der Waals surface area contributed by atoms with Gasteiger partial charge in [-0.2, -0.15) is 5.26 Å². The van der Waals surface area contributed by atoms with Crippen molar-refractivity contribution in [2.45, 2.75) is 32.6 Å². The summed E-state index contributed by atoms with van der Waals surface area (Å²) in [5.74, 6) is -0.658. The molecule has 1 aliphatic heterocycles. The number of hydrogen-bond acceptors (Lipinski definition) is 3. The van der Waals surface area contributed by atoms with Crippen molar-refractivity contribution in [1.29, 1.82) is 5.26 Å². The molecule has 0 aliphatic carbocycles. The third-order valence-electron chi connectivity index (χ3n) is 2.50. The van der Waals surface area contributed by atoms with Gasteiger partial charge in [0.1, 0.15) is 5.92 Å². The molecular weight excluding hydrogens is 178 g/mol. The Kier molecular flexibility index (Phi) is 4.41. The normalized spacial score (nSPS) is 19.7. The first-order valence-corrected chi connectivity index (χ1v) is 5.23. The number of rotatable bonds is 3. The number of nitriles is 1. The maximum atomic E-state index is 11.5. The van der Waals surface area contributed by atoms with Crippen LogP contribution in [0.5, 0.6) is 0 Å². The second kappa shape index (κ2) is 5.61. The minimum Gasteiger partial charge on any atom is -0.288 e. The standard InChI is InChI=1S/C10H17N3O/c1-2-9(8-11)10(14)12-13-6-4-3-5-7-13/h9H,2-7H2,1H3,(H,12,14). The largest absolute Gasteiger partial charge is 0.288 e. The SMILES string of the molecule is CCC(C#N)C(=O)NN1CCCCC1. The molecule has 0 radical (unpaired) electrons. The molecule has 78 valence electrons. The number of carbonyl (C=O) groups is 1. The Balaban J connectivity index is 2.35. The third-order valence-corrected chi connectivity index (χ3v) is 2.50. The highest BCUT2D eigenvalue weighted by Crippen LogP contribution is 2.07. The summed E-state index contributed by atoms with van der Waals surface area (Å²) in [6, 6.07) is 2.00. The van der Waals surface area contributed by atoms with Crippen LogP contribution in [0.25, 0.3) is 0 Å². The molecule has 0 bridgehead atoms. The zero-order valence-corrected chi connectivity index (χ0v) is 8.62. The van der Waals surface area contributed by atoms with E-state index in [0.29, 0.717) is 6.42 Å². The van der Waals surface area contributed by atoms with Crippen LogP contribution in [0.3, 0.4) is 0 Å². The van der Waals surface area contributed by atoms with Gasteiger partial charge in [0.05, 0.1) is 6.07 Å². The summed E-state index contributed by atoms with van der Waals surface area (Å²) in [6.07, 6.45) is 4.07. The number of hydrogen-bond donors (Lipinski definition) is 1. The lowest BCUT2D eigenvalue weighted by Gasteiger charge is -2.27. The van der Waals surface area contributed by atoms with Gasteiger partial charge in [-0.05, 0) is 19.3 Å². The van der Waals surface area contributed by atoms with Gasteiger partial charge in [0.25, 0.3) is 5.91 Å². The average Bonchev–Trinajstić information content (AvgIpc) is 2.21. The molecule has 0 aromatic carbocycles. The third kappa shape index (κ3) is 3.00. The molecule has 4 heteroatoms. The van der Waals surface area contributed by atoms with Crippen molar-refractivity contribution in [3.8, 4) is 6.07 Å². The van der Waals surface area contributed by atoms with Crippen molar-refractivity contribution in [3.63, 3.8) is 0 Å². The molecule has 1 fully saturated rings. The van der Waals surface area contributed by atoms with Gasteiger partial charge in [-0.1, -0.05) is 13.3 Å². The van der Waals surface area contributed by atoms with Gasteiger partial charge in [-0.15, -0.1) is 0 Å². The topological polar surface area (TPSA) is 56.1 Å². The van der Waals surface area contributed by atoms with Crippen LogP contribution in [0, 0.1) is 17.2 Å². The molecular formula is C10H17N3O. The molecule has 1 aliphatic rings. The van der Waals surface area contributed by atoms with E-state index in [1.54, 1.807) is 0 Å². The predicted molar refractivity (Wildman–Crippen MR) is 53.0 cm³/mol. The van der Waals surface area contributed by atoms with Crippen molar-refractivity contribution in [2.75, 3.05) is 13.1 Å².